The Bertz CT molecular complexity index is 1000. The smallest absolute Gasteiger partial charge is 0.341 e. The van der Waals surface area contributed by atoms with Crippen LogP contribution in [0.4, 0.5) is 5.00 Å². The maximum absolute atomic E-state index is 12.4. The fraction of sp³-hybridized carbons (Fsp3) is 0.350. The molecule has 0 fully saturated rings. The van der Waals surface area contributed by atoms with Gasteiger partial charge in [-0.3, -0.25) is 4.79 Å². The number of carbonyl (C=O) groups is 3. The second kappa shape index (κ2) is 9.36. The lowest BCUT2D eigenvalue weighted by Gasteiger charge is -2.11. The molecule has 1 aliphatic rings. The quantitative estimate of drug-likeness (QED) is 0.688. The first-order chi connectivity index (χ1) is 14.3. The number of rotatable bonds is 5. The molecule has 1 amide bonds. The van der Waals surface area contributed by atoms with Gasteiger partial charge in [0, 0.05) is 11.3 Å². The number of fused-ring (bicyclic) bond motifs is 1. The average Bonchev–Trinajstić information content (AvgIpc) is 2.89. The van der Waals surface area contributed by atoms with Crippen LogP contribution in [0.25, 0.3) is 0 Å². The van der Waals surface area contributed by atoms with Gasteiger partial charge in [0.05, 0.1) is 36.5 Å². The van der Waals surface area contributed by atoms with Gasteiger partial charge in [0.2, 0.25) is 0 Å². The molecule has 0 atom stereocenters. The molecule has 1 aromatic heterocycles. The Morgan fingerprint density at radius 1 is 1.17 bits per heavy atom. The molecule has 30 heavy (non-hydrogen) atoms. The molecule has 10 heteroatoms. The molecule has 1 N–H and O–H groups in total. The summed E-state index contributed by atoms with van der Waals surface area (Å²) >= 11 is 7.42. The summed E-state index contributed by atoms with van der Waals surface area (Å²) in [4.78, 5) is 37.5. The van der Waals surface area contributed by atoms with Crippen molar-refractivity contribution in [3.63, 3.8) is 0 Å². The van der Waals surface area contributed by atoms with Crippen LogP contribution in [-0.4, -0.2) is 44.8 Å². The Hall–Kier alpha value is -2.78. The number of ether oxygens (including phenoxy) is 4. The van der Waals surface area contributed by atoms with Gasteiger partial charge in [0.15, 0.2) is 18.1 Å². The number of methoxy groups -OCH3 is 1. The number of aryl methyl sites for hydroxylation is 1. The summed E-state index contributed by atoms with van der Waals surface area (Å²) in [5.41, 5.74) is 1.14. The molecule has 0 saturated carbocycles. The summed E-state index contributed by atoms with van der Waals surface area (Å²) in [5.74, 6) is -1.15. The average molecular weight is 454 g/mol. The van der Waals surface area contributed by atoms with Crippen LogP contribution in [0.3, 0.4) is 0 Å². The molecule has 1 aliphatic heterocycles. The lowest BCUT2D eigenvalue weighted by atomic mass is 10.1. The van der Waals surface area contributed by atoms with E-state index in [1.807, 2.05) is 6.92 Å². The molecule has 0 aliphatic carbocycles. The van der Waals surface area contributed by atoms with Gasteiger partial charge >= 0.3 is 11.9 Å². The van der Waals surface area contributed by atoms with Crippen molar-refractivity contribution in [3.05, 3.63) is 38.7 Å². The Labute approximate surface area is 182 Å². The van der Waals surface area contributed by atoms with Gasteiger partial charge in [0.1, 0.15) is 5.00 Å². The minimum absolute atomic E-state index is 0.134. The summed E-state index contributed by atoms with van der Waals surface area (Å²) in [6.45, 7) is 3.96. The summed E-state index contributed by atoms with van der Waals surface area (Å²) in [6, 6.07) is 2.87. The fourth-order valence-corrected chi connectivity index (χ4v) is 4.12. The van der Waals surface area contributed by atoms with Crippen LogP contribution in [0, 0.1) is 13.8 Å². The van der Waals surface area contributed by atoms with Gasteiger partial charge in [-0.2, -0.15) is 0 Å². The van der Waals surface area contributed by atoms with Crippen LogP contribution >= 0.6 is 22.9 Å². The first-order valence-electron chi connectivity index (χ1n) is 9.06. The van der Waals surface area contributed by atoms with E-state index in [1.54, 1.807) is 6.92 Å². The molecule has 2 aromatic rings. The van der Waals surface area contributed by atoms with Crippen LogP contribution < -0.4 is 14.8 Å². The predicted octanol–water partition coefficient (Wildman–Crippen LogP) is 3.76. The van der Waals surface area contributed by atoms with Crippen molar-refractivity contribution in [2.24, 2.45) is 0 Å². The van der Waals surface area contributed by atoms with Gasteiger partial charge in [-0.15, -0.1) is 11.3 Å². The van der Waals surface area contributed by atoms with Crippen molar-refractivity contribution in [2.45, 2.75) is 20.3 Å². The standard InChI is InChI=1S/C20H20ClNO7S/c1-10-11(2)30-18(16(10)20(25)26-3)22-15(23)9-29-19(24)12-7-13(21)17-14(8-12)27-5-4-6-28-17/h7-8H,4-6,9H2,1-3H3,(H,22,23). The maximum Gasteiger partial charge on any atom is 0.341 e. The number of thiophene rings is 1. The first-order valence-corrected chi connectivity index (χ1v) is 10.3. The van der Waals surface area contributed by atoms with Gasteiger partial charge in [-0.1, -0.05) is 11.6 Å². The largest absolute Gasteiger partial charge is 0.489 e. The lowest BCUT2D eigenvalue weighted by molar-refractivity contribution is -0.119. The molecule has 0 unspecified atom stereocenters. The van der Waals surface area contributed by atoms with E-state index >= 15 is 0 Å². The van der Waals surface area contributed by atoms with E-state index in [9.17, 15) is 14.4 Å². The number of hydrogen-bond acceptors (Lipinski definition) is 8. The highest BCUT2D eigenvalue weighted by atomic mass is 35.5. The molecule has 0 spiro atoms. The second-order valence-corrected chi connectivity index (χ2v) is 8.07. The normalized spacial score (nSPS) is 12.7. The fourth-order valence-electron chi connectivity index (χ4n) is 2.79. The van der Waals surface area contributed by atoms with Crippen molar-refractivity contribution in [1.29, 1.82) is 0 Å². The van der Waals surface area contributed by atoms with E-state index in [0.717, 1.165) is 10.4 Å². The third kappa shape index (κ3) is 4.68. The molecule has 3 rings (SSSR count). The molecule has 160 valence electrons. The topological polar surface area (TPSA) is 100 Å². The van der Waals surface area contributed by atoms with E-state index in [1.165, 1.54) is 30.6 Å². The molecule has 0 bridgehead atoms. The summed E-state index contributed by atoms with van der Waals surface area (Å²) in [6.07, 6.45) is 0.695. The van der Waals surface area contributed by atoms with Gasteiger partial charge < -0.3 is 24.3 Å². The van der Waals surface area contributed by atoms with E-state index in [2.05, 4.69) is 5.32 Å². The van der Waals surface area contributed by atoms with E-state index in [4.69, 9.17) is 30.5 Å². The number of hydrogen-bond donors (Lipinski definition) is 1. The van der Waals surface area contributed by atoms with Crippen LogP contribution in [0.2, 0.25) is 5.02 Å². The van der Waals surface area contributed by atoms with E-state index in [-0.39, 0.29) is 16.1 Å². The zero-order valence-corrected chi connectivity index (χ0v) is 18.2. The zero-order valence-electron chi connectivity index (χ0n) is 16.6. The van der Waals surface area contributed by atoms with Gasteiger partial charge in [0.25, 0.3) is 5.91 Å². The third-order valence-corrected chi connectivity index (χ3v) is 5.80. The Morgan fingerprint density at radius 3 is 2.63 bits per heavy atom. The second-order valence-electron chi connectivity index (χ2n) is 6.44. The van der Waals surface area contributed by atoms with Crippen LogP contribution in [0.15, 0.2) is 12.1 Å². The number of amides is 1. The summed E-state index contributed by atoms with van der Waals surface area (Å²) in [7, 11) is 1.27. The third-order valence-electron chi connectivity index (χ3n) is 4.40. The number of nitrogens with one attached hydrogen (secondary N) is 1. The van der Waals surface area contributed by atoms with Crippen LogP contribution in [-0.2, 0) is 14.3 Å². The highest BCUT2D eigenvalue weighted by Gasteiger charge is 2.23. The number of anilines is 1. The van der Waals surface area contributed by atoms with E-state index < -0.39 is 24.5 Å². The minimum atomic E-state index is -0.741. The van der Waals surface area contributed by atoms with Crippen molar-refractivity contribution in [1.82, 2.24) is 0 Å². The zero-order chi connectivity index (χ0) is 21.8. The summed E-state index contributed by atoms with van der Waals surface area (Å²) < 4.78 is 20.9. The SMILES string of the molecule is COC(=O)c1c(NC(=O)COC(=O)c2cc(Cl)c3c(c2)OCCCO3)sc(C)c1C. The molecule has 0 radical (unpaired) electrons. The number of halogens is 1. The Kier molecular flexibility index (Phi) is 6.84. The molecule has 0 saturated heterocycles. The number of carbonyl (C=O) groups excluding carboxylic acids is 3. The monoisotopic (exact) mass is 453 g/mol. The van der Waals surface area contributed by atoms with E-state index in [0.29, 0.717) is 36.1 Å². The maximum atomic E-state index is 12.4. The minimum Gasteiger partial charge on any atom is -0.489 e. The van der Waals surface area contributed by atoms with Gasteiger partial charge in [-0.25, -0.2) is 9.59 Å². The molecular weight excluding hydrogens is 434 g/mol. The molecule has 2 heterocycles. The highest BCUT2D eigenvalue weighted by Crippen LogP contribution is 2.38. The molecule has 1 aromatic carbocycles. The van der Waals surface area contributed by atoms with Crippen LogP contribution in [0.1, 0.15) is 37.6 Å². The van der Waals surface area contributed by atoms with Gasteiger partial charge in [-0.05, 0) is 31.5 Å². The van der Waals surface area contributed by atoms with Crippen LogP contribution in [0.5, 0.6) is 11.5 Å². The number of esters is 2. The summed E-state index contributed by atoms with van der Waals surface area (Å²) in [5, 5.41) is 3.16. The molecular formula is C20H20ClNO7S. The van der Waals surface area contributed by atoms with Crippen molar-refractivity contribution < 1.29 is 33.3 Å². The Balaban J connectivity index is 1.67. The number of benzene rings is 1. The first kappa shape index (κ1) is 21.9. The van der Waals surface area contributed by atoms with Crippen molar-refractivity contribution >= 4 is 45.8 Å². The van der Waals surface area contributed by atoms with Crippen molar-refractivity contribution in [3.8, 4) is 11.5 Å². The van der Waals surface area contributed by atoms with Crippen molar-refractivity contribution in [2.75, 3.05) is 32.2 Å². The molecule has 8 nitrogen and oxygen atoms in total. The predicted molar refractivity (Wildman–Crippen MR) is 111 cm³/mol. The lowest BCUT2D eigenvalue weighted by Crippen LogP contribution is -2.21. The Morgan fingerprint density at radius 2 is 1.90 bits per heavy atom. The highest BCUT2D eigenvalue weighted by molar-refractivity contribution is 7.16.